The molecule has 3 aromatic rings. The van der Waals surface area contributed by atoms with E-state index in [0.717, 1.165) is 11.4 Å². The Labute approximate surface area is 147 Å². The predicted molar refractivity (Wildman–Crippen MR) is 91.6 cm³/mol. The molecule has 24 heavy (non-hydrogen) atoms. The Morgan fingerprint density at radius 2 is 1.17 bits per heavy atom. The fourth-order valence-corrected chi connectivity index (χ4v) is 3.75. The van der Waals surface area contributed by atoms with Gasteiger partial charge in [0.1, 0.15) is 0 Å². The SMILES string of the molecule is Cc1ccnc(Sc2cc(O)c(O)cc2Sc2nccc(C)n2)n1. The molecule has 0 bridgehead atoms. The summed E-state index contributed by atoms with van der Waals surface area (Å²) in [4.78, 5) is 18.6. The van der Waals surface area contributed by atoms with Gasteiger partial charge < -0.3 is 10.2 Å². The van der Waals surface area contributed by atoms with Crippen molar-refractivity contribution in [3.63, 3.8) is 0 Å². The van der Waals surface area contributed by atoms with Crippen molar-refractivity contribution in [3.05, 3.63) is 48.0 Å². The van der Waals surface area contributed by atoms with Crippen LogP contribution in [0.3, 0.4) is 0 Å². The Morgan fingerprint density at radius 3 is 1.54 bits per heavy atom. The van der Waals surface area contributed by atoms with Crippen molar-refractivity contribution in [1.29, 1.82) is 0 Å². The second kappa shape index (κ2) is 7.06. The first-order valence-corrected chi connectivity index (χ1v) is 8.65. The van der Waals surface area contributed by atoms with E-state index in [1.54, 1.807) is 12.4 Å². The monoisotopic (exact) mass is 358 g/mol. The van der Waals surface area contributed by atoms with Crippen LogP contribution in [0.4, 0.5) is 0 Å². The summed E-state index contributed by atoms with van der Waals surface area (Å²) in [6.07, 6.45) is 3.36. The number of benzene rings is 1. The Kier molecular flexibility index (Phi) is 4.86. The summed E-state index contributed by atoms with van der Waals surface area (Å²) in [5.41, 5.74) is 1.71. The van der Waals surface area contributed by atoms with Crippen LogP contribution in [0.2, 0.25) is 0 Å². The van der Waals surface area contributed by atoms with Crippen molar-refractivity contribution in [2.45, 2.75) is 34.0 Å². The smallest absolute Gasteiger partial charge is 0.192 e. The molecule has 0 spiro atoms. The molecule has 0 aliphatic rings. The standard InChI is InChI=1S/C16H14N4O2S2/c1-9-3-5-17-15(19-9)23-13-7-11(21)12(22)8-14(13)24-16-18-6-4-10(2)20-16/h3-8,21-22H,1-2H3. The number of aromatic hydroxyl groups is 2. The highest BCUT2D eigenvalue weighted by Gasteiger charge is 2.14. The lowest BCUT2D eigenvalue weighted by Crippen LogP contribution is -1.91. The molecule has 0 unspecified atom stereocenters. The first-order chi connectivity index (χ1) is 11.5. The van der Waals surface area contributed by atoms with Crippen molar-refractivity contribution in [2.24, 2.45) is 0 Å². The third-order valence-corrected chi connectivity index (χ3v) is 4.99. The molecule has 0 fully saturated rings. The molecule has 8 heteroatoms. The van der Waals surface area contributed by atoms with Gasteiger partial charge in [-0.15, -0.1) is 0 Å². The average molecular weight is 358 g/mol. The van der Waals surface area contributed by atoms with Crippen molar-refractivity contribution in [2.75, 3.05) is 0 Å². The van der Waals surface area contributed by atoms with Gasteiger partial charge in [-0.3, -0.25) is 0 Å². The Hall–Kier alpha value is -2.32. The minimum atomic E-state index is -0.195. The highest BCUT2D eigenvalue weighted by atomic mass is 32.2. The van der Waals surface area contributed by atoms with E-state index >= 15 is 0 Å². The molecule has 6 nitrogen and oxygen atoms in total. The number of phenolic OH excluding ortho intramolecular Hbond substituents is 2. The summed E-state index contributed by atoms with van der Waals surface area (Å²) in [7, 11) is 0. The molecule has 0 atom stereocenters. The first-order valence-electron chi connectivity index (χ1n) is 7.02. The fourth-order valence-electron chi connectivity index (χ4n) is 1.84. The third-order valence-electron chi connectivity index (χ3n) is 2.99. The van der Waals surface area contributed by atoms with Gasteiger partial charge in [0.25, 0.3) is 0 Å². The lowest BCUT2D eigenvalue weighted by Gasteiger charge is -2.10. The number of nitrogens with zero attached hydrogens (tertiary/aromatic N) is 4. The molecule has 2 N–H and O–H groups in total. The molecular weight excluding hydrogens is 344 g/mol. The minimum Gasteiger partial charge on any atom is -0.504 e. The van der Waals surface area contributed by atoms with Gasteiger partial charge in [-0.1, -0.05) is 0 Å². The van der Waals surface area contributed by atoms with E-state index in [9.17, 15) is 10.2 Å². The summed E-state index contributed by atoms with van der Waals surface area (Å²) in [6.45, 7) is 3.77. The highest BCUT2D eigenvalue weighted by molar-refractivity contribution is 8.02. The van der Waals surface area contributed by atoms with Gasteiger partial charge in [0, 0.05) is 33.6 Å². The molecule has 0 aliphatic heterocycles. The zero-order valence-electron chi connectivity index (χ0n) is 13.0. The molecule has 0 saturated carbocycles. The van der Waals surface area contributed by atoms with Crippen LogP contribution in [-0.4, -0.2) is 30.1 Å². The average Bonchev–Trinajstić information content (AvgIpc) is 2.52. The Bertz CT molecular complexity index is 817. The van der Waals surface area contributed by atoms with Crippen LogP contribution in [0.25, 0.3) is 0 Å². The number of rotatable bonds is 4. The summed E-state index contributed by atoms with van der Waals surface area (Å²) >= 11 is 2.61. The van der Waals surface area contributed by atoms with Crippen molar-refractivity contribution < 1.29 is 10.2 Å². The molecule has 1 aromatic carbocycles. The zero-order chi connectivity index (χ0) is 17.1. The number of hydrogen-bond acceptors (Lipinski definition) is 8. The summed E-state index contributed by atoms with van der Waals surface area (Å²) in [6, 6.07) is 6.61. The van der Waals surface area contributed by atoms with Gasteiger partial charge in [0.05, 0.1) is 0 Å². The van der Waals surface area contributed by atoms with Crippen LogP contribution in [0, 0.1) is 13.8 Å². The van der Waals surface area contributed by atoms with E-state index < -0.39 is 0 Å². The molecule has 2 aromatic heterocycles. The number of aryl methyl sites for hydroxylation is 2. The number of hydrogen-bond donors (Lipinski definition) is 2. The molecule has 0 saturated heterocycles. The molecular formula is C16H14N4O2S2. The maximum Gasteiger partial charge on any atom is 0.192 e. The minimum absolute atomic E-state index is 0.195. The van der Waals surface area contributed by atoms with Crippen LogP contribution in [0.1, 0.15) is 11.4 Å². The molecule has 2 heterocycles. The van der Waals surface area contributed by atoms with Gasteiger partial charge in [-0.05, 0) is 61.6 Å². The van der Waals surface area contributed by atoms with Gasteiger partial charge >= 0.3 is 0 Å². The highest BCUT2D eigenvalue weighted by Crippen LogP contribution is 2.42. The Balaban J connectivity index is 1.97. The predicted octanol–water partition coefficient (Wildman–Crippen LogP) is 3.60. The lowest BCUT2D eigenvalue weighted by atomic mass is 10.3. The van der Waals surface area contributed by atoms with Gasteiger partial charge in [-0.25, -0.2) is 19.9 Å². The van der Waals surface area contributed by atoms with Crippen LogP contribution < -0.4 is 0 Å². The third kappa shape index (κ3) is 3.95. The van der Waals surface area contributed by atoms with Crippen LogP contribution >= 0.6 is 23.5 Å². The van der Waals surface area contributed by atoms with Crippen molar-refractivity contribution in [3.8, 4) is 11.5 Å². The van der Waals surface area contributed by atoms with Gasteiger partial charge in [0.2, 0.25) is 0 Å². The normalized spacial score (nSPS) is 10.8. The maximum atomic E-state index is 9.82. The van der Waals surface area contributed by atoms with Crippen LogP contribution in [0.5, 0.6) is 11.5 Å². The van der Waals surface area contributed by atoms with E-state index in [2.05, 4.69) is 19.9 Å². The largest absolute Gasteiger partial charge is 0.504 e. The fraction of sp³-hybridized carbons (Fsp3) is 0.125. The maximum absolute atomic E-state index is 9.82. The lowest BCUT2D eigenvalue weighted by molar-refractivity contribution is 0.400. The zero-order valence-corrected chi connectivity index (χ0v) is 14.6. The molecule has 0 aliphatic carbocycles. The van der Waals surface area contributed by atoms with E-state index in [4.69, 9.17) is 0 Å². The van der Waals surface area contributed by atoms with Crippen molar-refractivity contribution in [1.82, 2.24) is 19.9 Å². The second-order valence-corrected chi connectivity index (χ2v) is 6.97. The number of aromatic nitrogens is 4. The van der Waals surface area contributed by atoms with E-state index in [1.165, 1.54) is 35.7 Å². The van der Waals surface area contributed by atoms with Crippen LogP contribution in [-0.2, 0) is 0 Å². The quantitative estimate of drug-likeness (QED) is 0.540. The first kappa shape index (κ1) is 16.5. The molecule has 0 radical (unpaired) electrons. The van der Waals surface area contributed by atoms with Crippen LogP contribution in [0.15, 0.2) is 56.8 Å². The summed E-state index contributed by atoms with van der Waals surface area (Å²) in [5, 5.41) is 20.8. The van der Waals surface area contributed by atoms with Gasteiger partial charge in [-0.2, -0.15) is 0 Å². The molecule has 3 rings (SSSR count). The van der Waals surface area contributed by atoms with E-state index in [1.807, 2.05) is 26.0 Å². The molecule has 0 amide bonds. The van der Waals surface area contributed by atoms with E-state index in [-0.39, 0.29) is 11.5 Å². The second-order valence-electron chi connectivity index (χ2n) is 4.95. The Morgan fingerprint density at radius 1 is 0.750 bits per heavy atom. The van der Waals surface area contributed by atoms with Crippen molar-refractivity contribution >= 4 is 23.5 Å². The van der Waals surface area contributed by atoms with E-state index in [0.29, 0.717) is 20.1 Å². The summed E-state index contributed by atoms with van der Waals surface area (Å²) < 4.78 is 0. The molecule has 122 valence electrons. The number of phenols is 2. The van der Waals surface area contributed by atoms with Gasteiger partial charge in [0.15, 0.2) is 21.8 Å². The topological polar surface area (TPSA) is 92.0 Å². The summed E-state index contributed by atoms with van der Waals surface area (Å²) in [5.74, 6) is -0.390.